The quantitative estimate of drug-likeness (QED) is 0.208. The maximum absolute atomic E-state index is 4.90. The van der Waals surface area contributed by atoms with Gasteiger partial charge in [0.25, 0.3) is 0 Å². The zero-order valence-electron chi connectivity index (χ0n) is 21.9. The topological polar surface area (TPSA) is 51.6 Å². The van der Waals surface area contributed by atoms with Crippen LogP contribution in [0.2, 0.25) is 0 Å². The smallest absolute Gasteiger partial charge is 0.164 e. The van der Waals surface area contributed by atoms with Crippen molar-refractivity contribution in [2.75, 3.05) is 0 Å². The van der Waals surface area contributed by atoms with Gasteiger partial charge in [0.15, 0.2) is 17.5 Å². The minimum absolute atomic E-state index is 0.658. The molecule has 2 heterocycles. The zero-order chi connectivity index (χ0) is 27.2. The molecule has 192 valence electrons. The van der Waals surface area contributed by atoms with Crippen LogP contribution in [0.4, 0.5) is 0 Å². The van der Waals surface area contributed by atoms with E-state index in [1.165, 1.54) is 20.9 Å². The second kappa shape index (κ2) is 9.73. The molecule has 0 unspecified atom stereocenters. The number of fused-ring (bicyclic) bond motifs is 4. The van der Waals surface area contributed by atoms with Crippen molar-refractivity contribution in [1.29, 1.82) is 0 Å². The van der Waals surface area contributed by atoms with Crippen LogP contribution in [0.1, 0.15) is 0 Å². The monoisotopic (exact) mass is 542 g/mol. The normalized spacial score (nSPS) is 11.4. The fraction of sp³-hybridized carbons (Fsp3) is 0. The predicted molar refractivity (Wildman–Crippen MR) is 170 cm³/mol. The van der Waals surface area contributed by atoms with Crippen LogP contribution < -0.4 is 0 Å². The second-order valence-electron chi connectivity index (χ2n) is 9.96. The van der Waals surface area contributed by atoms with E-state index in [1.807, 2.05) is 66.7 Å². The average molecular weight is 543 g/mol. The number of hydrogen-bond acceptors (Lipinski definition) is 5. The van der Waals surface area contributed by atoms with Crippen molar-refractivity contribution in [3.05, 3.63) is 133 Å². The maximum Gasteiger partial charge on any atom is 0.164 e. The van der Waals surface area contributed by atoms with E-state index in [0.29, 0.717) is 17.5 Å². The van der Waals surface area contributed by atoms with E-state index in [2.05, 4.69) is 66.7 Å². The average Bonchev–Trinajstić information content (AvgIpc) is 3.49. The summed E-state index contributed by atoms with van der Waals surface area (Å²) in [5.74, 6) is 1.98. The van der Waals surface area contributed by atoms with E-state index in [1.54, 1.807) is 11.3 Å². The van der Waals surface area contributed by atoms with E-state index in [9.17, 15) is 0 Å². The van der Waals surface area contributed by atoms with E-state index >= 15 is 0 Å². The van der Waals surface area contributed by atoms with Crippen molar-refractivity contribution >= 4 is 43.1 Å². The lowest BCUT2D eigenvalue weighted by molar-refractivity contribution is 1.07. The molecule has 0 saturated carbocycles. The van der Waals surface area contributed by atoms with Gasteiger partial charge in [-0.2, -0.15) is 0 Å². The highest BCUT2D eigenvalue weighted by atomic mass is 32.1. The Morgan fingerprint density at radius 2 is 0.902 bits per heavy atom. The van der Waals surface area contributed by atoms with Crippen LogP contribution in [0.15, 0.2) is 133 Å². The lowest BCUT2D eigenvalue weighted by atomic mass is 9.98. The summed E-state index contributed by atoms with van der Waals surface area (Å²) in [5, 5.41) is 5.79. The SMILES string of the molecule is c1ccc(-c2nc(-c3ccccc3)nc(-c3ccc4c(ccc5cc(-c6nc7ccccc7s6)ccc54)c3)n2)cc1. The van der Waals surface area contributed by atoms with Crippen molar-refractivity contribution in [3.63, 3.8) is 0 Å². The molecule has 8 aromatic rings. The minimum Gasteiger partial charge on any atom is -0.236 e. The van der Waals surface area contributed by atoms with Crippen molar-refractivity contribution in [3.8, 4) is 44.7 Å². The molecule has 0 fully saturated rings. The zero-order valence-corrected chi connectivity index (χ0v) is 22.7. The van der Waals surface area contributed by atoms with Gasteiger partial charge in [-0.25, -0.2) is 19.9 Å². The maximum atomic E-state index is 4.90. The Labute approximate surface area is 240 Å². The molecule has 0 radical (unpaired) electrons. The molecule has 0 N–H and O–H groups in total. The lowest BCUT2D eigenvalue weighted by Gasteiger charge is -2.10. The predicted octanol–water partition coefficient (Wildman–Crippen LogP) is 9.46. The van der Waals surface area contributed by atoms with Gasteiger partial charge in [0.2, 0.25) is 0 Å². The molecule has 2 aromatic heterocycles. The number of rotatable bonds is 4. The molecule has 6 aromatic carbocycles. The summed E-state index contributed by atoms with van der Waals surface area (Å²) >= 11 is 1.73. The molecule has 0 spiro atoms. The first-order chi connectivity index (χ1) is 20.3. The third kappa shape index (κ3) is 4.33. The molecule has 41 heavy (non-hydrogen) atoms. The van der Waals surface area contributed by atoms with Crippen LogP contribution in [-0.2, 0) is 0 Å². The van der Waals surface area contributed by atoms with E-state index in [-0.39, 0.29) is 0 Å². The molecular formula is C36H22N4S. The minimum atomic E-state index is 0.658. The molecule has 0 atom stereocenters. The first-order valence-electron chi connectivity index (χ1n) is 13.5. The van der Waals surface area contributed by atoms with Gasteiger partial charge in [-0.1, -0.05) is 109 Å². The molecule has 0 saturated heterocycles. The van der Waals surface area contributed by atoms with Gasteiger partial charge in [-0.3, -0.25) is 0 Å². The highest BCUT2D eigenvalue weighted by Crippen LogP contribution is 2.35. The van der Waals surface area contributed by atoms with Gasteiger partial charge in [0.05, 0.1) is 10.2 Å². The molecule has 0 aliphatic carbocycles. The first kappa shape index (κ1) is 23.6. The van der Waals surface area contributed by atoms with Crippen molar-refractivity contribution < 1.29 is 0 Å². The standard InChI is InChI=1S/C36H22N4S/c1-3-9-23(10-4-1)33-38-34(24-11-5-2-6-12-24)40-35(39-33)27-17-19-29-25(21-27)15-16-26-22-28(18-20-30(26)29)36-37-31-13-7-8-14-32(31)41-36/h1-22H. The Bertz CT molecular complexity index is 2110. The second-order valence-corrected chi connectivity index (χ2v) is 11.0. The summed E-state index contributed by atoms with van der Waals surface area (Å²) in [6, 6.07) is 45.9. The number of para-hydroxylation sites is 1. The highest BCUT2D eigenvalue weighted by molar-refractivity contribution is 7.21. The molecule has 0 bridgehead atoms. The fourth-order valence-electron chi connectivity index (χ4n) is 5.28. The molecule has 0 aliphatic rings. The van der Waals surface area contributed by atoms with Crippen molar-refractivity contribution in [2.24, 2.45) is 0 Å². The van der Waals surface area contributed by atoms with E-state index < -0.39 is 0 Å². The summed E-state index contributed by atoms with van der Waals surface area (Å²) in [5.41, 5.74) is 5.07. The van der Waals surface area contributed by atoms with Gasteiger partial charge in [0.1, 0.15) is 5.01 Å². The van der Waals surface area contributed by atoms with Gasteiger partial charge in [0, 0.05) is 22.3 Å². The Kier molecular flexibility index (Phi) is 5.61. The van der Waals surface area contributed by atoms with Gasteiger partial charge in [-0.15, -0.1) is 11.3 Å². The largest absolute Gasteiger partial charge is 0.236 e. The Hall–Kier alpha value is -5.26. The van der Waals surface area contributed by atoms with Crippen LogP contribution in [0.25, 0.3) is 76.5 Å². The summed E-state index contributed by atoms with van der Waals surface area (Å²) < 4.78 is 1.21. The van der Waals surface area contributed by atoms with Gasteiger partial charge in [-0.05, 0) is 45.8 Å². The summed E-state index contributed by atoms with van der Waals surface area (Å²) in [7, 11) is 0. The van der Waals surface area contributed by atoms with Crippen molar-refractivity contribution in [2.45, 2.75) is 0 Å². The molecule has 5 heteroatoms. The highest BCUT2D eigenvalue weighted by Gasteiger charge is 2.13. The number of aromatic nitrogens is 4. The Morgan fingerprint density at radius 1 is 0.390 bits per heavy atom. The Balaban J connectivity index is 1.23. The van der Waals surface area contributed by atoms with E-state index in [4.69, 9.17) is 19.9 Å². The van der Waals surface area contributed by atoms with Gasteiger partial charge < -0.3 is 0 Å². The molecule has 0 amide bonds. The summed E-state index contributed by atoms with van der Waals surface area (Å²) in [6.07, 6.45) is 0. The van der Waals surface area contributed by atoms with Crippen LogP contribution in [0, 0.1) is 0 Å². The van der Waals surface area contributed by atoms with Crippen LogP contribution in [-0.4, -0.2) is 19.9 Å². The van der Waals surface area contributed by atoms with Crippen LogP contribution in [0.3, 0.4) is 0 Å². The number of nitrogens with zero attached hydrogens (tertiary/aromatic N) is 4. The summed E-state index contributed by atoms with van der Waals surface area (Å²) in [6.45, 7) is 0. The third-order valence-corrected chi connectivity index (χ3v) is 8.42. The first-order valence-corrected chi connectivity index (χ1v) is 14.3. The number of thiazole rings is 1. The molecular weight excluding hydrogens is 520 g/mol. The number of hydrogen-bond donors (Lipinski definition) is 0. The molecule has 4 nitrogen and oxygen atoms in total. The summed E-state index contributed by atoms with van der Waals surface area (Å²) in [4.78, 5) is 19.5. The molecule has 0 aliphatic heterocycles. The van der Waals surface area contributed by atoms with Crippen LogP contribution >= 0.6 is 11.3 Å². The van der Waals surface area contributed by atoms with Crippen LogP contribution in [0.5, 0.6) is 0 Å². The Morgan fingerprint density at radius 3 is 1.51 bits per heavy atom. The number of benzene rings is 6. The van der Waals surface area contributed by atoms with E-state index in [0.717, 1.165) is 38.2 Å². The fourth-order valence-corrected chi connectivity index (χ4v) is 6.24. The van der Waals surface area contributed by atoms with Gasteiger partial charge >= 0.3 is 0 Å². The van der Waals surface area contributed by atoms with Crippen molar-refractivity contribution in [1.82, 2.24) is 19.9 Å². The molecule has 8 rings (SSSR count). The lowest BCUT2D eigenvalue weighted by Crippen LogP contribution is -2.00. The third-order valence-electron chi connectivity index (χ3n) is 7.33.